The summed E-state index contributed by atoms with van der Waals surface area (Å²) in [6.07, 6.45) is 10.3. The summed E-state index contributed by atoms with van der Waals surface area (Å²) >= 11 is 0. The first-order valence-electron chi connectivity index (χ1n) is 14.9. The first kappa shape index (κ1) is 30.1. The third-order valence-electron chi connectivity index (χ3n) is 9.51. The maximum Gasteiger partial charge on any atom is 0.309 e. The number of carbonyl (C=O) groups excluding carboxylic acids is 2. The number of nitrogens with one attached hydrogen (secondary N) is 2. The molecule has 3 N–H and O–H groups in total. The van der Waals surface area contributed by atoms with Crippen LogP contribution in [0.25, 0.3) is 0 Å². The Balaban J connectivity index is 1.47. The molecule has 0 saturated heterocycles. The Bertz CT molecular complexity index is 1080. The van der Waals surface area contributed by atoms with E-state index >= 15 is 0 Å². The fourth-order valence-corrected chi connectivity index (χ4v) is 6.32. The molecule has 40 heavy (non-hydrogen) atoms. The summed E-state index contributed by atoms with van der Waals surface area (Å²) in [6, 6.07) is 2.17. The zero-order valence-corrected chi connectivity index (χ0v) is 24.2. The van der Waals surface area contributed by atoms with Gasteiger partial charge in [-0.3, -0.25) is 14.4 Å². The van der Waals surface area contributed by atoms with Crippen molar-refractivity contribution in [2.24, 2.45) is 16.7 Å². The second-order valence-electron chi connectivity index (χ2n) is 12.7. The number of rotatable bonds is 9. The summed E-state index contributed by atoms with van der Waals surface area (Å²) in [4.78, 5) is 38.5. The summed E-state index contributed by atoms with van der Waals surface area (Å²) in [5.41, 5.74) is -0.494. The molecular formula is C31H45FN2O6. The molecule has 2 atom stereocenters. The first-order chi connectivity index (χ1) is 19.0. The number of benzene rings is 1. The van der Waals surface area contributed by atoms with Gasteiger partial charge in [-0.05, 0) is 69.8 Å². The lowest BCUT2D eigenvalue weighted by Gasteiger charge is -2.39. The quantitative estimate of drug-likeness (QED) is 0.361. The molecule has 9 heteroatoms. The molecule has 3 saturated carbocycles. The summed E-state index contributed by atoms with van der Waals surface area (Å²) in [7, 11) is 1.38. The molecular weight excluding hydrogens is 515 g/mol. The van der Waals surface area contributed by atoms with Gasteiger partial charge in [-0.15, -0.1) is 0 Å². The second-order valence-corrected chi connectivity index (χ2v) is 12.7. The van der Waals surface area contributed by atoms with Gasteiger partial charge < -0.3 is 25.2 Å². The minimum absolute atomic E-state index is 0.0129. The highest BCUT2D eigenvalue weighted by Crippen LogP contribution is 2.40. The molecule has 2 amide bonds. The van der Waals surface area contributed by atoms with E-state index in [1.807, 2.05) is 0 Å². The molecule has 0 heterocycles. The molecule has 3 aliphatic carbocycles. The van der Waals surface area contributed by atoms with E-state index in [0.717, 1.165) is 44.6 Å². The number of carboxylic acid groups (broad SMARTS) is 1. The predicted molar refractivity (Wildman–Crippen MR) is 149 cm³/mol. The molecule has 0 aromatic heterocycles. The molecule has 0 aliphatic heterocycles. The Labute approximate surface area is 236 Å². The standard InChI is InChI=1S/C31H45FN2O6/c1-30(13-8-14-30)19-33-27(35)21-9-6-4-5-7-10-24(21)34-28(36)22-17-26(23(32)18-25(22)39-3)40-20-11-15-31(2,16-12-20)29(37)38/h17-18,20-21,24H,4-16,19H2,1-3H3,(H,33,35)(H,34,36)(H,37,38)/t20?,21-,24+,31?/m1/s1. The van der Waals surface area contributed by atoms with Gasteiger partial charge in [-0.1, -0.05) is 39.0 Å². The van der Waals surface area contributed by atoms with E-state index < -0.39 is 23.1 Å². The molecule has 0 radical (unpaired) electrons. The number of hydrogen-bond donors (Lipinski definition) is 3. The summed E-state index contributed by atoms with van der Waals surface area (Å²) in [5.74, 6) is -2.23. The van der Waals surface area contributed by atoms with Crippen LogP contribution in [0.3, 0.4) is 0 Å². The van der Waals surface area contributed by atoms with E-state index in [2.05, 4.69) is 17.6 Å². The maximum atomic E-state index is 15.0. The third-order valence-corrected chi connectivity index (χ3v) is 9.51. The maximum absolute atomic E-state index is 15.0. The van der Waals surface area contributed by atoms with Gasteiger partial charge in [0.05, 0.1) is 30.1 Å². The third kappa shape index (κ3) is 7.07. The number of methoxy groups -OCH3 is 1. The van der Waals surface area contributed by atoms with Crippen LogP contribution in [0.2, 0.25) is 0 Å². The Hall–Kier alpha value is -2.84. The van der Waals surface area contributed by atoms with Crippen LogP contribution in [0.15, 0.2) is 12.1 Å². The smallest absolute Gasteiger partial charge is 0.309 e. The van der Waals surface area contributed by atoms with Crippen LogP contribution in [0.4, 0.5) is 4.39 Å². The van der Waals surface area contributed by atoms with Gasteiger partial charge in [-0.2, -0.15) is 0 Å². The van der Waals surface area contributed by atoms with Crippen LogP contribution < -0.4 is 20.1 Å². The van der Waals surface area contributed by atoms with Crippen LogP contribution in [0.1, 0.15) is 108 Å². The van der Waals surface area contributed by atoms with Crippen LogP contribution in [0, 0.1) is 22.6 Å². The van der Waals surface area contributed by atoms with E-state index in [9.17, 15) is 23.9 Å². The first-order valence-corrected chi connectivity index (χ1v) is 14.9. The summed E-state index contributed by atoms with van der Waals surface area (Å²) in [6.45, 7) is 4.58. The van der Waals surface area contributed by atoms with Crippen molar-refractivity contribution >= 4 is 17.8 Å². The lowest BCUT2D eigenvalue weighted by atomic mass is 9.70. The molecule has 0 unspecified atom stereocenters. The number of halogens is 1. The van der Waals surface area contributed by atoms with Gasteiger partial charge in [0.15, 0.2) is 11.6 Å². The Morgan fingerprint density at radius 3 is 2.23 bits per heavy atom. The average molecular weight is 561 g/mol. The van der Waals surface area contributed by atoms with E-state index in [1.54, 1.807) is 6.92 Å². The average Bonchev–Trinajstić information content (AvgIpc) is 2.89. The molecule has 222 valence electrons. The Morgan fingerprint density at radius 2 is 1.62 bits per heavy atom. The second kappa shape index (κ2) is 12.8. The number of amides is 2. The minimum Gasteiger partial charge on any atom is -0.496 e. The van der Waals surface area contributed by atoms with Crippen molar-refractivity contribution in [3.63, 3.8) is 0 Å². The van der Waals surface area contributed by atoms with Gasteiger partial charge in [0.25, 0.3) is 5.91 Å². The van der Waals surface area contributed by atoms with Crippen molar-refractivity contribution in [2.75, 3.05) is 13.7 Å². The molecule has 1 aromatic carbocycles. The largest absolute Gasteiger partial charge is 0.496 e. The molecule has 0 spiro atoms. The summed E-state index contributed by atoms with van der Waals surface area (Å²) < 4.78 is 26.3. The van der Waals surface area contributed by atoms with Gasteiger partial charge >= 0.3 is 5.97 Å². The molecule has 3 fully saturated rings. The number of carboxylic acids is 1. The van der Waals surface area contributed by atoms with Gasteiger partial charge in [0, 0.05) is 18.7 Å². The van der Waals surface area contributed by atoms with E-state index in [4.69, 9.17) is 9.47 Å². The van der Waals surface area contributed by atoms with Gasteiger partial charge in [0.1, 0.15) is 5.75 Å². The fourth-order valence-electron chi connectivity index (χ4n) is 6.32. The highest BCUT2D eigenvalue weighted by Gasteiger charge is 2.39. The molecule has 1 aromatic rings. The van der Waals surface area contributed by atoms with Crippen molar-refractivity contribution in [1.82, 2.24) is 10.6 Å². The van der Waals surface area contributed by atoms with Crippen molar-refractivity contribution in [1.29, 1.82) is 0 Å². The molecule has 8 nitrogen and oxygen atoms in total. The zero-order valence-electron chi connectivity index (χ0n) is 24.2. The number of aliphatic carboxylic acids is 1. The number of hydrogen-bond acceptors (Lipinski definition) is 5. The molecule has 4 rings (SSSR count). The van der Waals surface area contributed by atoms with Crippen molar-refractivity contribution in [2.45, 2.75) is 109 Å². The lowest BCUT2D eigenvalue weighted by Crippen LogP contribution is -2.49. The van der Waals surface area contributed by atoms with Crippen LogP contribution in [0.5, 0.6) is 11.5 Å². The van der Waals surface area contributed by atoms with E-state index in [1.165, 1.54) is 19.6 Å². The van der Waals surface area contributed by atoms with Crippen molar-refractivity contribution < 1.29 is 33.4 Å². The normalized spacial score (nSPS) is 28.2. The van der Waals surface area contributed by atoms with Crippen LogP contribution >= 0.6 is 0 Å². The summed E-state index contributed by atoms with van der Waals surface area (Å²) in [5, 5.41) is 15.7. The van der Waals surface area contributed by atoms with E-state index in [-0.39, 0.29) is 46.4 Å². The highest BCUT2D eigenvalue weighted by atomic mass is 19.1. The molecule has 0 bridgehead atoms. The van der Waals surface area contributed by atoms with Gasteiger partial charge in [-0.25, -0.2) is 4.39 Å². The lowest BCUT2D eigenvalue weighted by molar-refractivity contribution is -0.150. The molecule has 3 aliphatic rings. The predicted octanol–water partition coefficient (Wildman–Crippen LogP) is 5.62. The topological polar surface area (TPSA) is 114 Å². The van der Waals surface area contributed by atoms with Crippen molar-refractivity contribution in [3.05, 3.63) is 23.5 Å². The number of carbonyl (C=O) groups is 3. The fraction of sp³-hybridized carbons (Fsp3) is 0.710. The Morgan fingerprint density at radius 1 is 0.950 bits per heavy atom. The minimum atomic E-state index is -0.834. The monoisotopic (exact) mass is 560 g/mol. The van der Waals surface area contributed by atoms with Crippen LogP contribution in [-0.2, 0) is 9.59 Å². The van der Waals surface area contributed by atoms with E-state index in [0.29, 0.717) is 45.1 Å². The van der Waals surface area contributed by atoms with Gasteiger partial charge in [0.2, 0.25) is 5.91 Å². The highest BCUT2D eigenvalue weighted by molar-refractivity contribution is 5.98. The number of ether oxygens (including phenoxy) is 2. The van der Waals surface area contributed by atoms with Crippen molar-refractivity contribution in [3.8, 4) is 11.5 Å². The van der Waals surface area contributed by atoms with Crippen LogP contribution in [-0.4, -0.2) is 48.7 Å². The zero-order chi connectivity index (χ0) is 28.9. The Kier molecular flexibility index (Phi) is 9.62. The SMILES string of the molecule is COc1cc(F)c(OC2CCC(C)(C(=O)O)CC2)cc1C(=O)N[C@H]1CCCCCC[C@H]1C(=O)NCC1(C)CCC1.